The Morgan fingerprint density at radius 1 is 1.09 bits per heavy atom. The highest BCUT2D eigenvalue weighted by Gasteiger charge is 2.13. The first-order valence-corrected chi connectivity index (χ1v) is 8.22. The topological polar surface area (TPSA) is 50.9 Å². The van der Waals surface area contributed by atoms with Crippen LogP contribution in [0.3, 0.4) is 0 Å². The highest BCUT2D eigenvalue weighted by molar-refractivity contribution is 7.16. The van der Waals surface area contributed by atoms with Gasteiger partial charge in [-0.1, -0.05) is 64.9 Å². The minimum Gasteiger partial charge on any atom is -0.330 e. The molecule has 0 saturated carbocycles. The summed E-state index contributed by atoms with van der Waals surface area (Å²) >= 11 is 13.6. The van der Waals surface area contributed by atoms with E-state index in [2.05, 4.69) is 10.3 Å². The minimum atomic E-state index is 0.442. The van der Waals surface area contributed by atoms with Crippen molar-refractivity contribution in [1.82, 2.24) is 4.98 Å². The highest BCUT2D eigenvalue weighted by atomic mass is 35.5. The second kappa shape index (κ2) is 6.67. The van der Waals surface area contributed by atoms with Gasteiger partial charge in [0.25, 0.3) is 0 Å². The molecule has 0 unspecified atom stereocenters. The molecule has 3 rings (SSSR count). The molecule has 0 radical (unpaired) electrons. The maximum Gasteiger partial charge on any atom is 0.188 e. The summed E-state index contributed by atoms with van der Waals surface area (Å²) in [6.45, 7) is 0.442. The smallest absolute Gasteiger partial charge is 0.188 e. The third kappa shape index (κ3) is 3.25. The number of anilines is 2. The molecule has 6 heteroatoms. The molecule has 0 aliphatic rings. The monoisotopic (exact) mass is 349 g/mol. The Kier molecular flexibility index (Phi) is 4.64. The number of aromatic nitrogens is 1. The number of benzene rings is 2. The molecule has 3 N–H and O–H groups in total. The van der Waals surface area contributed by atoms with Crippen molar-refractivity contribution < 1.29 is 0 Å². The van der Waals surface area contributed by atoms with Crippen LogP contribution in [0.4, 0.5) is 10.8 Å². The molecular weight excluding hydrogens is 337 g/mol. The second-order valence-corrected chi connectivity index (χ2v) is 6.54. The third-order valence-electron chi connectivity index (χ3n) is 3.10. The fourth-order valence-electron chi connectivity index (χ4n) is 2.07. The van der Waals surface area contributed by atoms with Gasteiger partial charge in [-0.15, -0.1) is 0 Å². The predicted octanol–water partition coefficient (Wildman–Crippen LogP) is 5.32. The van der Waals surface area contributed by atoms with Gasteiger partial charge in [0.1, 0.15) is 0 Å². The Bertz CT molecular complexity index is 787. The first-order chi connectivity index (χ1) is 10.7. The van der Waals surface area contributed by atoms with Crippen LogP contribution in [0.2, 0.25) is 10.0 Å². The van der Waals surface area contributed by atoms with E-state index in [0.717, 1.165) is 27.0 Å². The Morgan fingerprint density at radius 2 is 1.86 bits per heavy atom. The van der Waals surface area contributed by atoms with Gasteiger partial charge in [0.05, 0.1) is 16.4 Å². The minimum absolute atomic E-state index is 0.442. The summed E-state index contributed by atoms with van der Waals surface area (Å²) in [5.74, 6) is 0. The SMILES string of the molecule is NCc1sc(Nc2ccc(Cl)cc2Cl)nc1-c1ccccc1. The molecule has 112 valence electrons. The molecule has 0 aliphatic carbocycles. The number of nitrogens with zero attached hydrogens (tertiary/aromatic N) is 1. The number of thiazole rings is 1. The van der Waals surface area contributed by atoms with Gasteiger partial charge in [0.2, 0.25) is 0 Å². The normalized spacial score (nSPS) is 10.7. The Hall–Kier alpha value is -1.59. The van der Waals surface area contributed by atoms with Crippen LogP contribution in [0, 0.1) is 0 Å². The molecule has 1 aromatic heterocycles. The van der Waals surface area contributed by atoms with Gasteiger partial charge in [-0.2, -0.15) is 0 Å². The molecule has 22 heavy (non-hydrogen) atoms. The van der Waals surface area contributed by atoms with Crippen LogP contribution in [0.5, 0.6) is 0 Å². The molecule has 3 nitrogen and oxygen atoms in total. The van der Waals surface area contributed by atoms with E-state index in [-0.39, 0.29) is 0 Å². The van der Waals surface area contributed by atoms with E-state index in [1.807, 2.05) is 36.4 Å². The van der Waals surface area contributed by atoms with Crippen molar-refractivity contribution in [3.8, 4) is 11.3 Å². The van der Waals surface area contributed by atoms with Gasteiger partial charge >= 0.3 is 0 Å². The Morgan fingerprint density at radius 3 is 2.55 bits per heavy atom. The van der Waals surface area contributed by atoms with Crippen molar-refractivity contribution in [1.29, 1.82) is 0 Å². The molecule has 0 spiro atoms. The summed E-state index contributed by atoms with van der Waals surface area (Å²) in [6.07, 6.45) is 0. The lowest BCUT2D eigenvalue weighted by Gasteiger charge is -2.05. The zero-order valence-corrected chi connectivity index (χ0v) is 13.8. The standard InChI is InChI=1S/C16H13Cl2N3S/c17-11-6-7-13(12(18)8-11)20-16-21-15(14(9-19)22-16)10-4-2-1-3-5-10/h1-8H,9,19H2,(H,20,21). The van der Waals surface area contributed by atoms with Gasteiger partial charge < -0.3 is 11.1 Å². The molecule has 0 fully saturated rings. The lowest BCUT2D eigenvalue weighted by Crippen LogP contribution is -1.95. The van der Waals surface area contributed by atoms with E-state index >= 15 is 0 Å². The first-order valence-electron chi connectivity index (χ1n) is 6.64. The Balaban J connectivity index is 1.94. The molecule has 0 bridgehead atoms. The zero-order chi connectivity index (χ0) is 15.5. The first kappa shape index (κ1) is 15.3. The summed E-state index contributed by atoms with van der Waals surface area (Å²) in [5, 5.41) is 5.13. The largest absolute Gasteiger partial charge is 0.330 e. The second-order valence-electron chi connectivity index (χ2n) is 4.61. The van der Waals surface area contributed by atoms with E-state index in [1.54, 1.807) is 12.1 Å². The highest BCUT2D eigenvalue weighted by Crippen LogP contribution is 2.34. The van der Waals surface area contributed by atoms with Crippen LogP contribution in [-0.4, -0.2) is 4.98 Å². The molecular formula is C16H13Cl2N3S. The summed E-state index contributed by atoms with van der Waals surface area (Å²) < 4.78 is 0. The third-order valence-corrected chi connectivity index (χ3v) is 4.64. The van der Waals surface area contributed by atoms with Gasteiger partial charge in [-0.05, 0) is 18.2 Å². The lowest BCUT2D eigenvalue weighted by molar-refractivity contribution is 1.10. The summed E-state index contributed by atoms with van der Waals surface area (Å²) in [4.78, 5) is 5.67. The number of hydrogen-bond donors (Lipinski definition) is 2. The lowest BCUT2D eigenvalue weighted by atomic mass is 10.1. The van der Waals surface area contributed by atoms with Crippen LogP contribution in [-0.2, 0) is 6.54 Å². The number of rotatable bonds is 4. The van der Waals surface area contributed by atoms with Crippen molar-refractivity contribution >= 4 is 45.4 Å². The zero-order valence-electron chi connectivity index (χ0n) is 11.5. The molecule has 0 amide bonds. The van der Waals surface area contributed by atoms with Gasteiger partial charge in [-0.3, -0.25) is 0 Å². The van der Waals surface area contributed by atoms with Gasteiger partial charge in [0, 0.05) is 22.0 Å². The van der Waals surface area contributed by atoms with E-state index in [0.29, 0.717) is 16.6 Å². The van der Waals surface area contributed by atoms with Gasteiger partial charge in [0.15, 0.2) is 5.13 Å². The fraction of sp³-hybridized carbons (Fsp3) is 0.0625. The van der Waals surface area contributed by atoms with E-state index in [1.165, 1.54) is 11.3 Å². The number of halogens is 2. The van der Waals surface area contributed by atoms with Crippen LogP contribution in [0.1, 0.15) is 4.88 Å². The molecule has 1 heterocycles. The van der Waals surface area contributed by atoms with Crippen LogP contribution < -0.4 is 11.1 Å². The number of nitrogens with one attached hydrogen (secondary N) is 1. The number of nitrogens with two attached hydrogens (primary N) is 1. The summed E-state index contributed by atoms with van der Waals surface area (Å²) in [5.41, 5.74) is 8.56. The molecule has 0 atom stereocenters. The van der Waals surface area contributed by atoms with Crippen molar-refractivity contribution in [3.63, 3.8) is 0 Å². The van der Waals surface area contributed by atoms with E-state index in [4.69, 9.17) is 28.9 Å². The average Bonchev–Trinajstić information content (AvgIpc) is 2.94. The molecule has 0 aliphatic heterocycles. The van der Waals surface area contributed by atoms with Crippen LogP contribution in [0.15, 0.2) is 48.5 Å². The van der Waals surface area contributed by atoms with Crippen molar-refractivity contribution in [2.24, 2.45) is 5.73 Å². The van der Waals surface area contributed by atoms with Crippen molar-refractivity contribution in [2.75, 3.05) is 5.32 Å². The maximum absolute atomic E-state index is 6.18. The predicted molar refractivity (Wildman–Crippen MR) is 95.2 cm³/mol. The molecule has 3 aromatic rings. The van der Waals surface area contributed by atoms with Gasteiger partial charge in [-0.25, -0.2) is 4.98 Å². The maximum atomic E-state index is 6.18. The van der Waals surface area contributed by atoms with Crippen molar-refractivity contribution in [3.05, 3.63) is 63.5 Å². The quantitative estimate of drug-likeness (QED) is 0.670. The fourth-order valence-corrected chi connectivity index (χ4v) is 3.40. The summed E-state index contributed by atoms with van der Waals surface area (Å²) in [6, 6.07) is 15.3. The average molecular weight is 350 g/mol. The molecule has 0 saturated heterocycles. The Labute approximate surface area is 142 Å². The summed E-state index contributed by atoms with van der Waals surface area (Å²) in [7, 11) is 0. The van der Waals surface area contributed by atoms with E-state index in [9.17, 15) is 0 Å². The molecule has 2 aromatic carbocycles. The number of hydrogen-bond acceptors (Lipinski definition) is 4. The van der Waals surface area contributed by atoms with Crippen LogP contribution in [0.25, 0.3) is 11.3 Å². The van der Waals surface area contributed by atoms with Crippen LogP contribution >= 0.6 is 34.5 Å². The van der Waals surface area contributed by atoms with Crippen molar-refractivity contribution in [2.45, 2.75) is 6.54 Å². The van der Waals surface area contributed by atoms with E-state index < -0.39 is 0 Å².